The van der Waals surface area contributed by atoms with E-state index in [2.05, 4.69) is 74.7 Å². The van der Waals surface area contributed by atoms with E-state index in [9.17, 15) is 14.4 Å². The highest BCUT2D eigenvalue weighted by Gasteiger charge is 2.29. The van der Waals surface area contributed by atoms with Crippen molar-refractivity contribution in [2.75, 3.05) is 67.1 Å². The van der Waals surface area contributed by atoms with Crippen molar-refractivity contribution in [2.45, 2.75) is 65.3 Å². The Morgan fingerprint density at radius 1 is 0.922 bits per heavy atom. The average Bonchev–Trinajstić information content (AvgIpc) is 3.97. The van der Waals surface area contributed by atoms with Crippen LogP contribution in [0.2, 0.25) is 0 Å². The topological polar surface area (TPSA) is 182 Å². The number of rotatable bonds is 10. The van der Waals surface area contributed by atoms with Gasteiger partial charge < -0.3 is 24.6 Å². The molecular formula is C47H53FN12O4. The molecule has 4 aromatic heterocycles. The van der Waals surface area contributed by atoms with Crippen LogP contribution in [0.1, 0.15) is 80.6 Å². The fourth-order valence-electron chi connectivity index (χ4n) is 8.87. The molecular weight excluding hydrogens is 816 g/mol. The number of halogens is 1. The fraction of sp³-hybridized carbons (Fsp3) is 0.404. The summed E-state index contributed by atoms with van der Waals surface area (Å²) in [6, 6.07) is 16.2. The van der Waals surface area contributed by atoms with Crippen LogP contribution in [0.15, 0.2) is 71.6 Å². The number of piperazine rings is 1. The van der Waals surface area contributed by atoms with Crippen molar-refractivity contribution in [1.82, 2.24) is 45.6 Å². The van der Waals surface area contributed by atoms with E-state index in [1.54, 1.807) is 24.0 Å². The number of piperidine rings is 1. The zero-order chi connectivity index (χ0) is 44.7. The lowest BCUT2D eigenvalue weighted by Crippen LogP contribution is -2.49. The first kappa shape index (κ1) is 42.5. The SMILES string of the molecule is Cc1cc(N2CCC(CN3CCN(c4ccc(-c5cc6c(-c7ccc([C@@H](C)NC(=O)c8nc(C(C)(C)C)no8)c(F)c7)ncnc6[nH]5)cn4)CC3)CC2)ccc1N1CCC(=O)NC1=O. The second-order valence-electron chi connectivity index (χ2n) is 18.1. The number of hydrogen-bond acceptors (Lipinski definition) is 12. The summed E-state index contributed by atoms with van der Waals surface area (Å²) < 4.78 is 20.8. The molecule has 16 nitrogen and oxygen atoms in total. The number of benzene rings is 2. The highest BCUT2D eigenvalue weighted by Crippen LogP contribution is 2.33. The third kappa shape index (κ3) is 8.89. The molecule has 7 heterocycles. The van der Waals surface area contributed by atoms with Crippen LogP contribution in [0.5, 0.6) is 0 Å². The van der Waals surface area contributed by atoms with Crippen molar-refractivity contribution >= 4 is 46.1 Å². The molecule has 0 saturated carbocycles. The third-order valence-electron chi connectivity index (χ3n) is 12.6. The molecule has 3 N–H and O–H groups in total. The third-order valence-corrected chi connectivity index (χ3v) is 12.6. The van der Waals surface area contributed by atoms with Crippen LogP contribution in [0.4, 0.5) is 26.4 Å². The van der Waals surface area contributed by atoms with Gasteiger partial charge in [0.2, 0.25) is 5.91 Å². The molecule has 0 radical (unpaired) electrons. The summed E-state index contributed by atoms with van der Waals surface area (Å²) >= 11 is 0. The van der Waals surface area contributed by atoms with Gasteiger partial charge in [0, 0.05) is 110 Å². The molecule has 3 aliphatic heterocycles. The van der Waals surface area contributed by atoms with Crippen molar-refractivity contribution in [1.29, 1.82) is 0 Å². The molecule has 6 aromatic rings. The first-order chi connectivity index (χ1) is 30.8. The Morgan fingerprint density at radius 3 is 2.39 bits per heavy atom. The van der Waals surface area contributed by atoms with Crippen molar-refractivity contribution in [3.8, 4) is 22.5 Å². The monoisotopic (exact) mass is 868 g/mol. The van der Waals surface area contributed by atoms with Crippen LogP contribution in [-0.2, 0) is 10.2 Å². The van der Waals surface area contributed by atoms with Crippen LogP contribution < -0.4 is 25.3 Å². The van der Waals surface area contributed by atoms with E-state index in [1.165, 1.54) is 18.1 Å². The highest BCUT2D eigenvalue weighted by molar-refractivity contribution is 6.06. The Bertz CT molecular complexity index is 2690. The normalized spacial score (nSPS) is 17.2. The molecule has 0 aliphatic carbocycles. The zero-order valence-electron chi connectivity index (χ0n) is 36.8. The standard InChI is InChI=1S/C47H53FN12O4/c1-28-22-33(8-10-38(28)60-17-14-40(61)54-46(60)63)58-15-12-30(13-16-58)26-57-18-20-59(21-19-57)39-11-7-32(25-49-39)37-24-35-41(50-27-51-42(35)53-37)31-6-9-34(36(48)23-31)29(2)52-43(62)44-55-45(56-64-44)47(3,4)5/h6-11,22-25,27,29-30H,12-21,26H2,1-5H3,(H,52,62)(H,50,51,53)(H,54,61,63)/t29-/m1/s1. The largest absolute Gasteiger partial charge is 0.372 e. The van der Waals surface area contributed by atoms with Gasteiger partial charge in [0.15, 0.2) is 5.82 Å². The zero-order valence-corrected chi connectivity index (χ0v) is 36.8. The van der Waals surface area contributed by atoms with E-state index < -0.39 is 17.8 Å². The number of carbonyl (C=O) groups is 3. The quantitative estimate of drug-likeness (QED) is 0.131. The van der Waals surface area contributed by atoms with Gasteiger partial charge in [-0.05, 0) is 80.6 Å². The van der Waals surface area contributed by atoms with Gasteiger partial charge in [0.1, 0.15) is 23.6 Å². The molecule has 4 amide bonds. The molecule has 3 saturated heterocycles. The van der Waals surface area contributed by atoms with Crippen LogP contribution in [0.25, 0.3) is 33.5 Å². The molecule has 0 spiro atoms. The number of fused-ring (bicyclic) bond motifs is 1. The van der Waals surface area contributed by atoms with E-state index in [1.807, 2.05) is 46.0 Å². The van der Waals surface area contributed by atoms with Gasteiger partial charge in [-0.1, -0.05) is 38.1 Å². The van der Waals surface area contributed by atoms with Gasteiger partial charge in [-0.3, -0.25) is 24.7 Å². The van der Waals surface area contributed by atoms with Gasteiger partial charge in [-0.2, -0.15) is 4.98 Å². The molecule has 17 heteroatoms. The lowest BCUT2D eigenvalue weighted by molar-refractivity contribution is -0.120. The number of aromatic nitrogens is 6. The molecule has 3 fully saturated rings. The van der Waals surface area contributed by atoms with Gasteiger partial charge in [-0.15, -0.1) is 0 Å². The summed E-state index contributed by atoms with van der Waals surface area (Å²) in [4.78, 5) is 67.3. The Kier molecular flexibility index (Phi) is 11.6. The number of urea groups is 1. The number of hydrogen-bond donors (Lipinski definition) is 3. The molecule has 2 aromatic carbocycles. The second-order valence-corrected chi connectivity index (χ2v) is 18.1. The number of pyridine rings is 1. The summed E-state index contributed by atoms with van der Waals surface area (Å²) in [6.07, 6.45) is 5.91. The van der Waals surface area contributed by atoms with Gasteiger partial charge in [-0.25, -0.2) is 24.1 Å². The lowest BCUT2D eigenvalue weighted by atomic mass is 9.95. The predicted molar refractivity (Wildman–Crippen MR) is 242 cm³/mol. The lowest BCUT2D eigenvalue weighted by Gasteiger charge is -2.40. The summed E-state index contributed by atoms with van der Waals surface area (Å²) in [6.45, 7) is 16.7. The number of carbonyl (C=O) groups excluding carboxylic acids is 3. The number of H-pyrrole nitrogens is 1. The molecule has 3 aliphatic rings. The van der Waals surface area contributed by atoms with Gasteiger partial charge in [0.05, 0.1) is 11.7 Å². The van der Waals surface area contributed by atoms with Crippen LogP contribution >= 0.6 is 0 Å². The Labute approximate surface area is 370 Å². The van der Waals surface area contributed by atoms with E-state index in [0.717, 1.165) is 92.4 Å². The first-order valence-corrected chi connectivity index (χ1v) is 22.0. The van der Waals surface area contributed by atoms with Crippen LogP contribution in [0, 0.1) is 18.7 Å². The molecule has 0 unspecified atom stereocenters. The van der Waals surface area contributed by atoms with Gasteiger partial charge in [0.25, 0.3) is 0 Å². The van der Waals surface area contributed by atoms with Gasteiger partial charge >= 0.3 is 17.8 Å². The smallest absolute Gasteiger partial charge is 0.328 e. The minimum Gasteiger partial charge on any atom is -0.372 e. The maximum Gasteiger partial charge on any atom is 0.328 e. The maximum absolute atomic E-state index is 15.6. The minimum absolute atomic E-state index is 0.172. The minimum atomic E-state index is -0.665. The predicted octanol–water partition coefficient (Wildman–Crippen LogP) is 6.79. The van der Waals surface area contributed by atoms with E-state index >= 15 is 4.39 Å². The number of nitrogens with zero attached hydrogens (tertiary/aromatic N) is 9. The summed E-state index contributed by atoms with van der Waals surface area (Å²) in [5.74, 6) is 0.533. The number of nitrogens with one attached hydrogen (secondary N) is 3. The average molecular weight is 869 g/mol. The highest BCUT2D eigenvalue weighted by atomic mass is 19.1. The van der Waals surface area contributed by atoms with Crippen molar-refractivity contribution < 1.29 is 23.3 Å². The number of amides is 4. The molecule has 0 bridgehead atoms. The number of imide groups is 1. The number of aryl methyl sites for hydroxylation is 1. The molecule has 64 heavy (non-hydrogen) atoms. The van der Waals surface area contributed by atoms with E-state index in [-0.39, 0.29) is 23.2 Å². The number of aromatic amines is 1. The summed E-state index contributed by atoms with van der Waals surface area (Å²) in [7, 11) is 0. The molecule has 1 atom stereocenters. The second kappa shape index (κ2) is 17.4. The Balaban J connectivity index is 0.771. The Hall–Kier alpha value is -6.75. The number of anilines is 3. The molecule has 332 valence electrons. The van der Waals surface area contributed by atoms with E-state index in [0.29, 0.717) is 47.2 Å². The summed E-state index contributed by atoms with van der Waals surface area (Å²) in [5, 5.41) is 9.82. The van der Waals surface area contributed by atoms with Crippen molar-refractivity contribution in [3.05, 3.63) is 95.8 Å². The fourth-order valence-corrected chi connectivity index (χ4v) is 8.87. The van der Waals surface area contributed by atoms with Crippen LogP contribution in [0.3, 0.4) is 0 Å². The van der Waals surface area contributed by atoms with Crippen LogP contribution in [-0.4, -0.2) is 105 Å². The van der Waals surface area contributed by atoms with Crippen molar-refractivity contribution in [2.24, 2.45) is 5.92 Å². The summed E-state index contributed by atoms with van der Waals surface area (Å²) in [5.41, 5.74) is 6.48. The van der Waals surface area contributed by atoms with E-state index in [4.69, 9.17) is 9.51 Å². The maximum atomic E-state index is 15.6. The first-order valence-electron chi connectivity index (χ1n) is 22.0. The Morgan fingerprint density at radius 2 is 1.70 bits per heavy atom. The molecule has 9 rings (SSSR count). The van der Waals surface area contributed by atoms with Crippen molar-refractivity contribution in [3.63, 3.8) is 0 Å².